The van der Waals surface area contributed by atoms with E-state index in [2.05, 4.69) is 13.2 Å². The van der Waals surface area contributed by atoms with Crippen molar-refractivity contribution >= 4 is 7.82 Å². The van der Waals surface area contributed by atoms with Crippen LogP contribution in [0.2, 0.25) is 0 Å². The van der Waals surface area contributed by atoms with Gasteiger partial charge in [0.1, 0.15) is 11.6 Å². The molecule has 0 aromatic heterocycles. The second kappa shape index (κ2) is 8.36. The van der Waals surface area contributed by atoms with Gasteiger partial charge in [0, 0.05) is 19.3 Å². The highest BCUT2D eigenvalue weighted by molar-refractivity contribution is 7.46. The normalized spacial score (nSPS) is 18.3. The molecule has 0 amide bonds. The number of hydrogen-bond donors (Lipinski definition) is 4. The second-order valence-corrected chi connectivity index (χ2v) is 7.50. The van der Waals surface area contributed by atoms with E-state index in [4.69, 9.17) is 9.63 Å². The largest absolute Gasteiger partial charge is 0.470 e. The fourth-order valence-corrected chi connectivity index (χ4v) is 3.57. The maximum Gasteiger partial charge on any atom is 0.470 e. The van der Waals surface area contributed by atoms with Gasteiger partial charge in [-0.25, -0.2) is 4.57 Å². The van der Waals surface area contributed by atoms with Crippen LogP contribution in [0.15, 0.2) is 25.3 Å². The zero-order valence-corrected chi connectivity index (χ0v) is 14.4. The van der Waals surface area contributed by atoms with Crippen LogP contribution < -0.4 is 0 Å². The van der Waals surface area contributed by atoms with Crippen molar-refractivity contribution in [3.8, 4) is 0 Å². The Morgan fingerprint density at radius 3 is 2.14 bits per heavy atom. The molecular weight excluding hydrogens is 309 g/mol. The summed E-state index contributed by atoms with van der Waals surface area (Å²) in [6.07, 6.45) is 2.37. The van der Waals surface area contributed by atoms with Gasteiger partial charge in [-0.1, -0.05) is 12.2 Å². The minimum absolute atomic E-state index is 0.114. The Bertz CT molecular complexity index is 416. The highest BCUT2D eigenvalue weighted by atomic mass is 31.2. The van der Waals surface area contributed by atoms with Crippen LogP contribution >= 0.6 is 7.82 Å². The molecule has 0 bridgehead atoms. The zero-order valence-electron chi connectivity index (χ0n) is 13.6. The predicted molar refractivity (Wildman–Crippen MR) is 85.0 cm³/mol. The third kappa shape index (κ3) is 6.71. The maximum atomic E-state index is 11.5. The van der Waals surface area contributed by atoms with Gasteiger partial charge in [-0.05, 0) is 0 Å². The van der Waals surface area contributed by atoms with E-state index in [0.29, 0.717) is 10.9 Å². The van der Waals surface area contributed by atoms with Crippen LogP contribution in [0.1, 0.15) is 19.3 Å². The predicted octanol–water partition coefficient (Wildman–Crippen LogP) is 0.805. The summed E-state index contributed by atoms with van der Waals surface area (Å²) in [7, 11) is 0.769. The third-order valence-corrected chi connectivity index (χ3v) is 4.12. The first-order chi connectivity index (χ1) is 9.91. The Kier molecular flexibility index (Phi) is 8.16. The molecule has 0 aliphatic carbocycles. The molecule has 8 heteroatoms. The molecule has 3 unspecified atom stereocenters. The number of likely N-dealkylation sites (N-methyl/N-ethyl adjacent to an activating group) is 1. The summed E-state index contributed by atoms with van der Waals surface area (Å²) >= 11 is 0. The molecule has 0 rings (SSSR count). The molecule has 3 atom stereocenters. The average molecular weight is 338 g/mol. The minimum atomic E-state index is -4.82. The van der Waals surface area contributed by atoms with Gasteiger partial charge in [0.15, 0.2) is 0 Å². The van der Waals surface area contributed by atoms with E-state index in [1.165, 1.54) is 6.08 Å². The summed E-state index contributed by atoms with van der Waals surface area (Å²) in [5.74, 6) is 0. The van der Waals surface area contributed by atoms with Gasteiger partial charge in [0.2, 0.25) is 0 Å². The molecule has 0 heterocycles. The van der Waals surface area contributed by atoms with E-state index in [0.717, 1.165) is 0 Å². The molecule has 0 saturated heterocycles. The number of rotatable bonds is 11. The van der Waals surface area contributed by atoms with Crippen LogP contribution in [0.4, 0.5) is 0 Å². The van der Waals surface area contributed by atoms with Gasteiger partial charge in [0.25, 0.3) is 0 Å². The molecule has 0 aromatic rings. The van der Waals surface area contributed by atoms with Crippen molar-refractivity contribution in [2.45, 2.75) is 37.0 Å². The number of hydrogen-bond acceptors (Lipinski definition) is 4. The molecule has 0 spiro atoms. The SMILES string of the molecule is C=CCC(C(CC=C)(CC(O)CO)OP(=O)(O)O)[N+](C)(C)C. The van der Waals surface area contributed by atoms with E-state index in [9.17, 15) is 19.5 Å². The van der Waals surface area contributed by atoms with Crippen LogP contribution in [0.3, 0.4) is 0 Å². The highest BCUT2D eigenvalue weighted by Gasteiger charge is 2.50. The number of quaternary nitrogens is 1. The molecule has 0 aliphatic heterocycles. The maximum absolute atomic E-state index is 11.5. The van der Waals surface area contributed by atoms with E-state index < -0.39 is 32.2 Å². The van der Waals surface area contributed by atoms with Gasteiger partial charge < -0.3 is 24.5 Å². The van der Waals surface area contributed by atoms with E-state index in [-0.39, 0.29) is 12.8 Å². The van der Waals surface area contributed by atoms with E-state index in [1.807, 2.05) is 21.1 Å². The van der Waals surface area contributed by atoms with Crippen molar-refractivity contribution in [2.24, 2.45) is 0 Å². The number of aliphatic hydroxyl groups is 2. The quantitative estimate of drug-likeness (QED) is 0.252. The molecule has 0 aliphatic rings. The van der Waals surface area contributed by atoms with Gasteiger partial charge in [-0.2, -0.15) is 0 Å². The Hall–Kier alpha value is -0.530. The number of aliphatic hydroxyl groups excluding tert-OH is 2. The fraction of sp³-hybridized carbons (Fsp3) is 0.714. The minimum Gasteiger partial charge on any atom is -0.394 e. The smallest absolute Gasteiger partial charge is 0.394 e. The van der Waals surface area contributed by atoms with Crippen LogP contribution in [0.25, 0.3) is 0 Å². The first kappa shape index (κ1) is 21.5. The molecule has 0 saturated carbocycles. The van der Waals surface area contributed by atoms with Crippen molar-refractivity contribution in [1.82, 2.24) is 0 Å². The van der Waals surface area contributed by atoms with Crippen LogP contribution in [0.5, 0.6) is 0 Å². The lowest BCUT2D eigenvalue weighted by Crippen LogP contribution is -2.60. The van der Waals surface area contributed by atoms with Gasteiger partial charge in [-0.15, -0.1) is 13.2 Å². The average Bonchev–Trinajstić information content (AvgIpc) is 2.32. The Balaban J connectivity index is 5.99. The first-order valence-corrected chi connectivity index (χ1v) is 8.53. The lowest BCUT2D eigenvalue weighted by molar-refractivity contribution is -0.903. The molecule has 0 radical (unpaired) electrons. The molecule has 0 fully saturated rings. The van der Waals surface area contributed by atoms with E-state index >= 15 is 0 Å². The number of phosphoric ester groups is 1. The monoisotopic (exact) mass is 338 g/mol. The number of phosphoric acid groups is 1. The number of nitrogens with zero attached hydrogens (tertiary/aromatic N) is 1. The van der Waals surface area contributed by atoms with Gasteiger partial charge in [0.05, 0.1) is 33.9 Å². The van der Waals surface area contributed by atoms with Crippen molar-refractivity contribution in [3.05, 3.63) is 25.3 Å². The topological polar surface area (TPSA) is 107 Å². The third-order valence-electron chi connectivity index (χ3n) is 3.51. The molecule has 22 heavy (non-hydrogen) atoms. The second-order valence-electron chi connectivity index (χ2n) is 6.34. The first-order valence-electron chi connectivity index (χ1n) is 7.00. The molecule has 0 aromatic carbocycles. The standard InChI is InChI=1S/C14H28NO6P/c1-6-8-13(15(3,4)5)14(9-7-2,10-12(17)11-16)21-22(18,19)20/h6-7,12-13,16-17H,1-2,8-11H2,3-5H3,(H-,18,19,20)/p+1. The van der Waals surface area contributed by atoms with Crippen LogP contribution in [-0.4, -0.2) is 70.0 Å². The Morgan fingerprint density at radius 2 is 1.82 bits per heavy atom. The lowest BCUT2D eigenvalue weighted by atomic mass is 9.81. The van der Waals surface area contributed by atoms with Crippen molar-refractivity contribution in [2.75, 3.05) is 27.7 Å². The lowest BCUT2D eigenvalue weighted by Gasteiger charge is -2.46. The highest BCUT2D eigenvalue weighted by Crippen LogP contribution is 2.48. The molecule has 7 nitrogen and oxygen atoms in total. The molecule has 130 valence electrons. The van der Waals surface area contributed by atoms with Crippen molar-refractivity contribution in [3.63, 3.8) is 0 Å². The molecule has 4 N–H and O–H groups in total. The summed E-state index contributed by atoms with van der Waals surface area (Å²) < 4.78 is 17.0. The van der Waals surface area contributed by atoms with Gasteiger partial charge in [-0.3, -0.25) is 4.52 Å². The summed E-state index contributed by atoms with van der Waals surface area (Å²) in [5, 5.41) is 19.0. The van der Waals surface area contributed by atoms with Gasteiger partial charge >= 0.3 is 7.82 Å². The van der Waals surface area contributed by atoms with E-state index in [1.54, 1.807) is 6.08 Å². The Labute approximate surface area is 132 Å². The zero-order chi connectivity index (χ0) is 17.6. The van der Waals surface area contributed by atoms with Crippen LogP contribution in [0, 0.1) is 0 Å². The summed E-state index contributed by atoms with van der Waals surface area (Å²) in [4.78, 5) is 18.7. The summed E-state index contributed by atoms with van der Waals surface area (Å²) in [5.41, 5.74) is -1.38. The Morgan fingerprint density at radius 1 is 1.27 bits per heavy atom. The van der Waals surface area contributed by atoms with Crippen LogP contribution in [-0.2, 0) is 9.09 Å². The molecular formula is C14H29NO6P+. The van der Waals surface area contributed by atoms with Crippen molar-refractivity contribution in [1.29, 1.82) is 0 Å². The fourth-order valence-electron chi connectivity index (χ4n) is 2.83. The summed E-state index contributed by atoms with van der Waals surface area (Å²) in [6.45, 7) is 6.78. The summed E-state index contributed by atoms with van der Waals surface area (Å²) in [6, 6.07) is -0.406. The van der Waals surface area contributed by atoms with Crippen molar-refractivity contribution < 1.29 is 33.6 Å².